The van der Waals surface area contributed by atoms with Gasteiger partial charge >= 0.3 is 0 Å². The van der Waals surface area contributed by atoms with Crippen LogP contribution in [0.1, 0.15) is 131 Å². The minimum atomic E-state index is -0.386. The quantitative estimate of drug-likeness (QED) is 0.0249. The van der Waals surface area contributed by atoms with Gasteiger partial charge in [0.15, 0.2) is 0 Å². The van der Waals surface area contributed by atoms with E-state index in [-0.39, 0.29) is 40.7 Å². The fraction of sp³-hybridized carbons (Fsp3) is 0.500. The van der Waals surface area contributed by atoms with E-state index in [1.165, 1.54) is 113 Å². The summed E-state index contributed by atoms with van der Waals surface area (Å²) in [4.78, 5) is 49.3. The van der Waals surface area contributed by atoms with Crippen LogP contribution in [0.4, 0.5) is 5.69 Å². The molecule has 4 rings (SSSR count). The van der Waals surface area contributed by atoms with Crippen LogP contribution in [0.5, 0.6) is 0 Å². The molecule has 7 nitrogen and oxygen atoms in total. The Morgan fingerprint density at radius 3 is 1.63 bits per heavy atom. The molecule has 0 spiro atoms. The van der Waals surface area contributed by atoms with Crippen LogP contribution in [0.25, 0.3) is 0 Å². The van der Waals surface area contributed by atoms with Gasteiger partial charge in [0.05, 0.1) is 5.69 Å². The van der Waals surface area contributed by atoms with E-state index < -0.39 is 0 Å². The molecule has 4 amide bonds. The second-order valence-corrected chi connectivity index (χ2v) is 16.3. The van der Waals surface area contributed by atoms with Crippen LogP contribution in [0.15, 0.2) is 91.0 Å². The summed E-state index contributed by atoms with van der Waals surface area (Å²) in [6, 6.07) is 24.7. The van der Waals surface area contributed by atoms with Gasteiger partial charge in [-0.2, -0.15) is 12.1 Å². The van der Waals surface area contributed by atoms with Crippen LogP contribution in [-0.4, -0.2) is 41.7 Å². The molecule has 1 aliphatic rings. The van der Waals surface area contributed by atoms with Gasteiger partial charge in [-0.05, 0) is 50.4 Å². The van der Waals surface area contributed by atoms with Crippen molar-refractivity contribution in [3.05, 3.63) is 102 Å². The van der Waals surface area contributed by atoms with Crippen LogP contribution < -0.4 is 15.5 Å². The molecule has 0 aliphatic carbocycles. The van der Waals surface area contributed by atoms with Crippen LogP contribution >= 0.6 is 21.6 Å². The predicted molar refractivity (Wildman–Crippen MR) is 224 cm³/mol. The van der Waals surface area contributed by atoms with Crippen LogP contribution in [-0.2, 0) is 38.0 Å². The minimum absolute atomic E-state index is 0. The summed E-state index contributed by atoms with van der Waals surface area (Å²) >= 11 is 0. The van der Waals surface area contributed by atoms with E-state index in [9.17, 15) is 19.2 Å². The molecule has 10 heteroatoms. The maximum absolute atomic E-state index is 12.5. The van der Waals surface area contributed by atoms with Gasteiger partial charge in [-0.1, -0.05) is 111 Å². The molecule has 0 atom stereocenters. The number of carbonyl (C=O) groups excluding carboxylic acids is 4. The fourth-order valence-corrected chi connectivity index (χ4v) is 8.33. The topological polar surface area (TPSA) is 95.6 Å². The molecule has 3 aromatic carbocycles. The normalized spacial score (nSPS) is 12.0. The zero-order valence-electron chi connectivity index (χ0n) is 32.0. The van der Waals surface area contributed by atoms with E-state index in [0.29, 0.717) is 30.8 Å². The monoisotopic (exact) mass is 815 g/mol. The molecular formula is C44H61FeN3O4S2-6. The van der Waals surface area contributed by atoms with Crippen molar-refractivity contribution in [3.8, 4) is 0 Å². The van der Waals surface area contributed by atoms with Gasteiger partial charge in [0, 0.05) is 59.3 Å². The largest absolute Gasteiger partial charge is 0.748 e. The van der Waals surface area contributed by atoms with Crippen molar-refractivity contribution < 1.29 is 36.2 Å². The minimum Gasteiger partial charge on any atom is -0.748 e. The number of imide groups is 1. The third-order valence-corrected chi connectivity index (χ3v) is 11.7. The van der Waals surface area contributed by atoms with Gasteiger partial charge in [0.25, 0.3) is 17.7 Å². The molecule has 0 radical (unpaired) electrons. The summed E-state index contributed by atoms with van der Waals surface area (Å²) in [5.74, 6) is 1.75. The van der Waals surface area contributed by atoms with Crippen LogP contribution in [0.3, 0.4) is 0 Å². The third kappa shape index (κ3) is 21.7. The molecule has 3 aromatic rings. The number of carbonyl (C=O) groups is 4. The van der Waals surface area contributed by atoms with Crippen molar-refractivity contribution >= 4 is 50.9 Å². The first-order chi connectivity index (χ1) is 26.0. The molecule has 54 heavy (non-hydrogen) atoms. The molecule has 1 aliphatic heterocycles. The zero-order chi connectivity index (χ0) is 37.6. The summed E-state index contributed by atoms with van der Waals surface area (Å²) in [6.07, 6.45) is 24.2. The molecular weight excluding hydrogens is 754 g/mol. The molecule has 2 N–H and O–H groups in total. The predicted octanol–water partition coefficient (Wildman–Crippen LogP) is 10.7. The number of nitrogens with zero attached hydrogens (tertiary/aromatic N) is 1. The Labute approximate surface area is 343 Å². The molecule has 0 saturated heterocycles. The van der Waals surface area contributed by atoms with E-state index >= 15 is 0 Å². The van der Waals surface area contributed by atoms with Crippen LogP contribution in [0, 0.1) is 0 Å². The molecule has 0 saturated carbocycles. The fourth-order valence-electron chi connectivity index (χ4n) is 6.03. The van der Waals surface area contributed by atoms with E-state index in [0.717, 1.165) is 30.6 Å². The number of benzene rings is 1. The maximum Gasteiger partial charge on any atom is 0.258 e. The Hall–Kier alpha value is -3.04. The van der Waals surface area contributed by atoms with Gasteiger partial charge in [0.1, 0.15) is 0 Å². The number of nitrogens with one attached hydrogen (secondary N) is 2. The van der Waals surface area contributed by atoms with Crippen molar-refractivity contribution in [1.82, 2.24) is 10.6 Å². The molecule has 0 fully saturated rings. The van der Waals surface area contributed by atoms with Crippen molar-refractivity contribution in [2.75, 3.05) is 23.0 Å². The summed E-state index contributed by atoms with van der Waals surface area (Å²) in [5.41, 5.74) is 2.04. The first-order valence-corrected chi connectivity index (χ1v) is 22.4. The summed E-state index contributed by atoms with van der Waals surface area (Å²) in [6.45, 7) is 1.27. The molecule has 0 unspecified atom stereocenters. The van der Waals surface area contributed by atoms with Gasteiger partial charge in [-0.15, -0.1) is 5.56 Å². The number of hydrogen-bond donors (Lipinski definition) is 2. The van der Waals surface area contributed by atoms with Crippen molar-refractivity contribution in [2.24, 2.45) is 0 Å². The summed E-state index contributed by atoms with van der Waals surface area (Å²) < 4.78 is 0. The Bertz CT molecular complexity index is 1410. The molecule has 302 valence electrons. The molecule has 1 heterocycles. The first-order valence-electron chi connectivity index (χ1n) is 19.9. The maximum atomic E-state index is 12.5. The van der Waals surface area contributed by atoms with Gasteiger partial charge < -0.3 is 41.0 Å². The zero-order valence-corrected chi connectivity index (χ0v) is 34.7. The first kappa shape index (κ1) is 47.1. The third-order valence-electron chi connectivity index (χ3n) is 9.11. The summed E-state index contributed by atoms with van der Waals surface area (Å²) in [5, 5.41) is 5.95. The average Bonchev–Trinajstić information content (AvgIpc) is 3.98. The Kier molecular flexibility index (Phi) is 27.2. The van der Waals surface area contributed by atoms with Crippen LogP contribution in [0.2, 0.25) is 0 Å². The molecule has 0 bridgehead atoms. The Balaban J connectivity index is 0.00000155. The SMILES string of the molecule is O=C(CCCCCCCCCCSSCCCCCCCCCCCNC(=O)c1cccc(N2C(=O)C=CC2=O)c1)NC[c-]1cccc1.[Fe].[cH-]1[cH-][cH-][cH-][cH-]1. The van der Waals surface area contributed by atoms with E-state index in [2.05, 4.69) is 10.6 Å². The number of amides is 4. The van der Waals surface area contributed by atoms with E-state index in [1.54, 1.807) is 24.3 Å². The van der Waals surface area contributed by atoms with Gasteiger partial charge in [-0.25, -0.2) is 17.0 Å². The van der Waals surface area contributed by atoms with Crippen molar-refractivity contribution in [3.63, 3.8) is 0 Å². The molecule has 0 aromatic heterocycles. The number of anilines is 1. The van der Waals surface area contributed by atoms with Gasteiger partial charge in [-0.3, -0.25) is 19.2 Å². The number of unbranched alkanes of at least 4 members (excludes halogenated alkanes) is 15. The average molecular weight is 816 g/mol. The summed E-state index contributed by atoms with van der Waals surface area (Å²) in [7, 11) is 4.09. The second kappa shape index (κ2) is 31.2. The van der Waals surface area contributed by atoms with Crippen molar-refractivity contribution in [1.29, 1.82) is 0 Å². The standard InChI is InChI=1S/C39H56N3O4S2.C5H5.Fe/c43-36(41-32-33-21-15-16-22-33)25-14-10-6-2-5-9-13-19-30-48-47-29-18-12-8-4-1-3-7-11-17-28-40-39(46)34-23-20-24-35(31-34)42-37(44)26-27-38(42)45;1-2-4-5-3-1;/h15-16,20-24,26-27,31H,1-14,17-19,25,28-30,32H2,(H,40,46)(H,41,43);1-5H;/q-1;-5;. The second-order valence-electron chi connectivity index (χ2n) is 13.6. The van der Waals surface area contributed by atoms with Gasteiger partial charge in [0.2, 0.25) is 5.91 Å². The number of rotatable bonds is 28. The smallest absolute Gasteiger partial charge is 0.258 e. The van der Waals surface area contributed by atoms with Crippen molar-refractivity contribution in [2.45, 2.75) is 122 Å². The number of hydrogen-bond acceptors (Lipinski definition) is 6. The van der Waals surface area contributed by atoms with E-state index in [1.807, 2.05) is 76.2 Å². The van der Waals surface area contributed by atoms with E-state index in [4.69, 9.17) is 0 Å². The Morgan fingerprint density at radius 2 is 1.09 bits per heavy atom. The Morgan fingerprint density at radius 1 is 0.611 bits per heavy atom.